The lowest BCUT2D eigenvalue weighted by Crippen LogP contribution is -2.51. The van der Waals surface area contributed by atoms with Gasteiger partial charge in [-0.25, -0.2) is 0 Å². The normalized spacial score (nSPS) is 26.3. The number of rotatable bonds is 4. The van der Waals surface area contributed by atoms with Crippen LogP contribution in [-0.4, -0.2) is 46.9 Å². The zero-order valence-corrected chi connectivity index (χ0v) is 14.2. The third-order valence-electron chi connectivity index (χ3n) is 4.88. The van der Waals surface area contributed by atoms with E-state index in [2.05, 4.69) is 12.2 Å². The Labute approximate surface area is 137 Å². The summed E-state index contributed by atoms with van der Waals surface area (Å²) < 4.78 is 28.4. The van der Waals surface area contributed by atoms with E-state index in [1.807, 2.05) is 12.1 Å². The van der Waals surface area contributed by atoms with Crippen molar-refractivity contribution in [2.75, 3.05) is 41.1 Å². The van der Waals surface area contributed by atoms with Gasteiger partial charge in [-0.15, -0.1) is 0 Å². The molecule has 0 saturated carbocycles. The first-order valence-electron chi connectivity index (χ1n) is 7.97. The lowest BCUT2D eigenvalue weighted by Gasteiger charge is -2.43. The van der Waals surface area contributed by atoms with Crippen LogP contribution in [0.4, 0.5) is 0 Å². The molecule has 3 rings (SSSR count). The van der Waals surface area contributed by atoms with Crippen LogP contribution in [0.2, 0.25) is 0 Å². The summed E-state index contributed by atoms with van der Waals surface area (Å²) in [5.74, 6) is 1.58. The van der Waals surface area contributed by atoms with Crippen molar-refractivity contribution in [1.82, 2.24) is 5.32 Å². The second kappa shape index (κ2) is 6.55. The highest BCUT2D eigenvalue weighted by molar-refractivity contribution is 5.57. The Morgan fingerprint density at radius 2 is 1.74 bits per heavy atom. The van der Waals surface area contributed by atoms with Crippen molar-refractivity contribution in [2.24, 2.45) is 5.92 Å². The second-order valence-corrected chi connectivity index (χ2v) is 5.90. The smallest absolute Gasteiger partial charge is 0.203 e. The summed E-state index contributed by atoms with van der Waals surface area (Å²) in [6, 6.07) is 3.97. The molecule has 1 N–H and O–H groups in total. The molecular weight excluding hydrogens is 298 g/mol. The highest BCUT2D eigenvalue weighted by Crippen LogP contribution is 2.48. The minimum Gasteiger partial charge on any atom is -0.493 e. The summed E-state index contributed by atoms with van der Waals surface area (Å²) in [5.41, 5.74) is 1.02. The van der Waals surface area contributed by atoms with Gasteiger partial charge in [0, 0.05) is 30.5 Å². The molecule has 1 aromatic carbocycles. The topological polar surface area (TPSA) is 58.2 Å². The molecule has 2 heterocycles. The molecule has 2 fully saturated rings. The van der Waals surface area contributed by atoms with Crippen LogP contribution in [0, 0.1) is 5.92 Å². The molecule has 6 heteroatoms. The Morgan fingerprint density at radius 1 is 1.04 bits per heavy atom. The van der Waals surface area contributed by atoms with Crippen molar-refractivity contribution in [3.05, 3.63) is 17.7 Å². The molecule has 0 bridgehead atoms. The van der Waals surface area contributed by atoms with Gasteiger partial charge in [-0.3, -0.25) is 0 Å². The molecule has 0 aliphatic carbocycles. The molecule has 0 aromatic heterocycles. The van der Waals surface area contributed by atoms with Gasteiger partial charge in [0.15, 0.2) is 17.3 Å². The quantitative estimate of drug-likeness (QED) is 0.916. The molecule has 128 valence electrons. The van der Waals surface area contributed by atoms with E-state index in [-0.39, 0.29) is 12.0 Å². The van der Waals surface area contributed by atoms with Crippen molar-refractivity contribution >= 4 is 0 Å². The number of ether oxygens (including phenoxy) is 5. The monoisotopic (exact) mass is 323 g/mol. The Hall–Kier alpha value is -1.50. The lowest BCUT2D eigenvalue weighted by molar-refractivity contribution is -0.213. The van der Waals surface area contributed by atoms with E-state index >= 15 is 0 Å². The third kappa shape index (κ3) is 2.65. The lowest BCUT2D eigenvalue weighted by atomic mass is 9.82. The van der Waals surface area contributed by atoms with E-state index < -0.39 is 5.79 Å². The highest BCUT2D eigenvalue weighted by Gasteiger charge is 2.48. The van der Waals surface area contributed by atoms with Gasteiger partial charge in [-0.05, 0) is 12.1 Å². The molecule has 2 aliphatic rings. The summed E-state index contributed by atoms with van der Waals surface area (Å²) in [4.78, 5) is 0. The number of methoxy groups -OCH3 is 3. The average molecular weight is 323 g/mol. The minimum atomic E-state index is -0.506. The zero-order valence-electron chi connectivity index (χ0n) is 14.2. The number of hydrogen-bond acceptors (Lipinski definition) is 6. The predicted octanol–water partition coefficient (Wildman–Crippen LogP) is 2.13. The van der Waals surface area contributed by atoms with Crippen molar-refractivity contribution in [2.45, 2.75) is 25.2 Å². The summed E-state index contributed by atoms with van der Waals surface area (Å²) in [5, 5.41) is 3.56. The van der Waals surface area contributed by atoms with Crippen LogP contribution >= 0.6 is 0 Å². The summed E-state index contributed by atoms with van der Waals surface area (Å²) in [6.45, 7) is 4.28. The fourth-order valence-electron chi connectivity index (χ4n) is 3.69. The van der Waals surface area contributed by atoms with Crippen molar-refractivity contribution < 1.29 is 23.7 Å². The van der Waals surface area contributed by atoms with Crippen molar-refractivity contribution in [1.29, 1.82) is 0 Å². The zero-order chi connectivity index (χ0) is 16.4. The van der Waals surface area contributed by atoms with E-state index in [1.54, 1.807) is 21.3 Å². The van der Waals surface area contributed by atoms with Crippen molar-refractivity contribution in [3.8, 4) is 17.2 Å². The molecule has 2 aliphatic heterocycles. The third-order valence-corrected chi connectivity index (χ3v) is 4.88. The predicted molar refractivity (Wildman–Crippen MR) is 85.3 cm³/mol. The molecule has 6 nitrogen and oxygen atoms in total. The number of piperidine rings is 1. The van der Waals surface area contributed by atoms with Crippen LogP contribution in [-0.2, 0) is 9.47 Å². The van der Waals surface area contributed by atoms with E-state index in [1.165, 1.54) is 0 Å². The van der Waals surface area contributed by atoms with Crippen LogP contribution in [0.15, 0.2) is 12.1 Å². The minimum absolute atomic E-state index is 0.0524. The Bertz CT molecular complexity index is 556. The SMILES string of the molecule is COc1ccc([C@H]2NCCC3(OCCO3)[C@@H]2C)c(OC)c1OC. The Balaban J connectivity index is 2.00. The van der Waals surface area contributed by atoms with Crippen molar-refractivity contribution in [3.63, 3.8) is 0 Å². The van der Waals surface area contributed by atoms with Crippen LogP contribution in [0.3, 0.4) is 0 Å². The largest absolute Gasteiger partial charge is 0.493 e. The number of hydrogen-bond donors (Lipinski definition) is 1. The fourth-order valence-corrected chi connectivity index (χ4v) is 3.69. The molecule has 0 radical (unpaired) electrons. The summed E-state index contributed by atoms with van der Waals surface area (Å²) in [6.07, 6.45) is 0.847. The number of benzene rings is 1. The number of nitrogens with one attached hydrogen (secondary N) is 1. The van der Waals surface area contributed by atoms with Gasteiger partial charge in [0.2, 0.25) is 5.75 Å². The standard InChI is InChI=1S/C17H25NO5/c1-11-14(18-8-7-17(11)22-9-10-23-17)12-5-6-13(19-2)16(21-4)15(12)20-3/h5-6,11,14,18H,7-10H2,1-4H3/t11-,14+/m1/s1. The van der Waals surface area contributed by atoms with E-state index in [9.17, 15) is 0 Å². The molecule has 23 heavy (non-hydrogen) atoms. The van der Waals surface area contributed by atoms with Gasteiger partial charge in [-0.2, -0.15) is 0 Å². The van der Waals surface area contributed by atoms with Gasteiger partial charge in [0.25, 0.3) is 0 Å². The summed E-state index contributed by atoms with van der Waals surface area (Å²) in [7, 11) is 4.88. The van der Waals surface area contributed by atoms with E-state index in [0.29, 0.717) is 30.5 Å². The maximum atomic E-state index is 5.96. The maximum Gasteiger partial charge on any atom is 0.203 e. The maximum absolute atomic E-state index is 5.96. The Morgan fingerprint density at radius 3 is 2.35 bits per heavy atom. The first-order valence-corrected chi connectivity index (χ1v) is 7.97. The van der Waals surface area contributed by atoms with Gasteiger partial charge in [0.05, 0.1) is 34.5 Å². The van der Waals surface area contributed by atoms with Crippen LogP contribution in [0.1, 0.15) is 24.9 Å². The fraction of sp³-hybridized carbons (Fsp3) is 0.647. The molecular formula is C17H25NO5. The molecule has 1 spiro atoms. The average Bonchev–Trinajstić information content (AvgIpc) is 3.05. The highest BCUT2D eigenvalue weighted by atomic mass is 16.7. The summed E-state index contributed by atoms with van der Waals surface area (Å²) >= 11 is 0. The van der Waals surface area contributed by atoms with Gasteiger partial charge < -0.3 is 29.0 Å². The second-order valence-electron chi connectivity index (χ2n) is 5.90. The molecule has 2 atom stereocenters. The van der Waals surface area contributed by atoms with Crippen LogP contribution < -0.4 is 19.5 Å². The molecule has 0 amide bonds. The van der Waals surface area contributed by atoms with Gasteiger partial charge in [0.1, 0.15) is 0 Å². The van der Waals surface area contributed by atoms with Gasteiger partial charge in [-0.1, -0.05) is 6.92 Å². The van der Waals surface area contributed by atoms with Gasteiger partial charge >= 0.3 is 0 Å². The van der Waals surface area contributed by atoms with E-state index in [0.717, 1.165) is 18.5 Å². The van der Waals surface area contributed by atoms with E-state index in [4.69, 9.17) is 23.7 Å². The molecule has 2 saturated heterocycles. The van der Waals surface area contributed by atoms with Crippen LogP contribution in [0.25, 0.3) is 0 Å². The molecule has 1 aromatic rings. The first kappa shape index (κ1) is 16.4. The first-order chi connectivity index (χ1) is 11.2. The molecule has 0 unspecified atom stereocenters. The Kier molecular flexibility index (Phi) is 4.66. The van der Waals surface area contributed by atoms with Crippen LogP contribution in [0.5, 0.6) is 17.2 Å².